The zero-order valence-corrected chi connectivity index (χ0v) is 14.1. The molecule has 0 amide bonds. The molecule has 0 fully saturated rings. The average Bonchev–Trinajstić information content (AvgIpc) is 2.44. The molecule has 0 aromatic heterocycles. The number of hydrogen-bond acceptors (Lipinski definition) is 5. The molecule has 1 aromatic carbocycles. The molecular weight excluding hydrogens is 298 g/mol. The van der Waals surface area contributed by atoms with E-state index in [2.05, 4.69) is 5.32 Å². The largest absolute Gasteiger partial charge is 0.497 e. The normalized spacial score (nSPS) is 12.5. The summed E-state index contributed by atoms with van der Waals surface area (Å²) in [6, 6.07) is 7.29. The van der Waals surface area contributed by atoms with Crippen LogP contribution in [0.4, 0.5) is 0 Å². The molecule has 1 atom stereocenters. The van der Waals surface area contributed by atoms with Gasteiger partial charge in [-0.25, -0.2) is 0 Å². The topological polar surface area (TPSA) is 84.9 Å². The van der Waals surface area contributed by atoms with Crippen molar-refractivity contribution in [1.82, 2.24) is 5.32 Å². The first-order chi connectivity index (χ1) is 10.7. The third-order valence-corrected chi connectivity index (χ3v) is 3.05. The van der Waals surface area contributed by atoms with Gasteiger partial charge in [-0.1, -0.05) is 12.1 Å². The average molecular weight is 323 g/mol. The number of rotatable bonds is 8. The minimum Gasteiger partial charge on any atom is -0.497 e. The molecule has 6 heteroatoms. The van der Waals surface area contributed by atoms with Gasteiger partial charge < -0.3 is 19.9 Å². The summed E-state index contributed by atoms with van der Waals surface area (Å²) in [6.07, 6.45) is 0.355. The van der Waals surface area contributed by atoms with E-state index in [0.29, 0.717) is 12.2 Å². The predicted octanol–water partition coefficient (Wildman–Crippen LogP) is 1.87. The number of nitrogens with one attached hydrogen (secondary N) is 1. The fourth-order valence-corrected chi connectivity index (χ4v) is 2.06. The van der Waals surface area contributed by atoms with Crippen LogP contribution in [0.1, 0.15) is 26.3 Å². The highest BCUT2D eigenvalue weighted by Crippen LogP contribution is 2.16. The van der Waals surface area contributed by atoms with Crippen LogP contribution in [0.3, 0.4) is 0 Å². The molecule has 128 valence electrons. The fourth-order valence-electron chi connectivity index (χ4n) is 2.06. The second-order valence-corrected chi connectivity index (χ2v) is 6.31. The Labute approximate surface area is 136 Å². The Balaban J connectivity index is 2.52. The summed E-state index contributed by atoms with van der Waals surface area (Å²) in [4.78, 5) is 23.0. The van der Waals surface area contributed by atoms with Gasteiger partial charge in [-0.2, -0.15) is 0 Å². The summed E-state index contributed by atoms with van der Waals surface area (Å²) in [7, 11) is 1.57. The molecular formula is C17H25NO5. The van der Waals surface area contributed by atoms with Gasteiger partial charge in [-0.15, -0.1) is 0 Å². The smallest absolute Gasteiger partial charge is 0.320 e. The number of hydrogen-bond donors (Lipinski definition) is 2. The van der Waals surface area contributed by atoms with Crippen LogP contribution < -0.4 is 10.1 Å². The van der Waals surface area contributed by atoms with Gasteiger partial charge in [0.05, 0.1) is 19.6 Å². The highest BCUT2D eigenvalue weighted by molar-refractivity contribution is 5.73. The molecule has 0 spiro atoms. The molecule has 0 saturated carbocycles. The van der Waals surface area contributed by atoms with Crippen LogP contribution in [0.2, 0.25) is 0 Å². The second kappa shape index (κ2) is 8.53. The van der Waals surface area contributed by atoms with Crippen molar-refractivity contribution >= 4 is 11.9 Å². The van der Waals surface area contributed by atoms with Crippen molar-refractivity contribution in [3.8, 4) is 5.75 Å². The molecule has 6 nitrogen and oxygen atoms in total. The summed E-state index contributed by atoms with van der Waals surface area (Å²) in [6.45, 7) is 5.53. The van der Waals surface area contributed by atoms with Crippen LogP contribution in [0.25, 0.3) is 0 Å². The van der Waals surface area contributed by atoms with E-state index < -0.39 is 23.5 Å². The van der Waals surface area contributed by atoms with E-state index in [1.165, 1.54) is 0 Å². The van der Waals surface area contributed by atoms with Gasteiger partial charge in [0.25, 0.3) is 0 Å². The predicted molar refractivity (Wildman–Crippen MR) is 86.5 cm³/mol. The minimum atomic E-state index is -0.912. The van der Waals surface area contributed by atoms with Crippen molar-refractivity contribution < 1.29 is 24.2 Å². The van der Waals surface area contributed by atoms with Crippen molar-refractivity contribution in [1.29, 1.82) is 0 Å². The Kier molecular flexibility index (Phi) is 7.03. The Morgan fingerprint density at radius 2 is 2.00 bits per heavy atom. The van der Waals surface area contributed by atoms with Crippen molar-refractivity contribution in [3.05, 3.63) is 29.8 Å². The molecule has 0 saturated heterocycles. The number of carboxylic acid groups (broad SMARTS) is 1. The van der Waals surface area contributed by atoms with E-state index in [-0.39, 0.29) is 13.1 Å². The standard InChI is InChI=1S/C17H25NO5/c1-17(2,3)23-15(19)11-18-10-13(16(20)21)8-12-6-5-7-14(9-12)22-4/h5-7,9,13,18H,8,10-11H2,1-4H3,(H,20,21). The lowest BCUT2D eigenvalue weighted by Crippen LogP contribution is -2.36. The van der Waals surface area contributed by atoms with Crippen LogP contribution >= 0.6 is 0 Å². The number of ether oxygens (including phenoxy) is 2. The SMILES string of the molecule is COc1cccc(CC(CNCC(=O)OC(C)(C)C)C(=O)O)c1. The maximum atomic E-state index is 11.6. The Hall–Kier alpha value is -2.08. The van der Waals surface area contributed by atoms with Crippen molar-refractivity contribution in [2.24, 2.45) is 5.92 Å². The first-order valence-corrected chi connectivity index (χ1v) is 7.49. The summed E-state index contributed by atoms with van der Waals surface area (Å²) in [5, 5.41) is 12.2. The first kappa shape index (κ1) is 19.0. The van der Waals surface area contributed by atoms with Crippen molar-refractivity contribution in [2.75, 3.05) is 20.2 Å². The van der Waals surface area contributed by atoms with Crippen molar-refractivity contribution in [2.45, 2.75) is 32.8 Å². The number of aliphatic carboxylic acids is 1. The molecule has 1 unspecified atom stereocenters. The zero-order chi connectivity index (χ0) is 17.5. The summed E-state index contributed by atoms with van der Waals surface area (Å²) >= 11 is 0. The van der Waals surface area contributed by atoms with Gasteiger partial charge in [-0.3, -0.25) is 9.59 Å². The van der Waals surface area contributed by atoms with E-state index >= 15 is 0 Å². The molecule has 0 aliphatic heterocycles. The zero-order valence-electron chi connectivity index (χ0n) is 14.1. The first-order valence-electron chi connectivity index (χ1n) is 7.49. The van der Waals surface area contributed by atoms with Gasteiger partial charge in [0.15, 0.2) is 0 Å². The van der Waals surface area contributed by atoms with Crippen LogP contribution in [-0.2, 0) is 20.7 Å². The quantitative estimate of drug-likeness (QED) is 0.711. The lowest BCUT2D eigenvalue weighted by molar-refractivity contribution is -0.154. The number of esters is 1. The Morgan fingerprint density at radius 3 is 2.57 bits per heavy atom. The van der Waals surface area contributed by atoms with E-state index in [0.717, 1.165) is 5.56 Å². The Morgan fingerprint density at radius 1 is 1.30 bits per heavy atom. The minimum absolute atomic E-state index is 0.0147. The molecule has 0 heterocycles. The molecule has 0 bridgehead atoms. The second-order valence-electron chi connectivity index (χ2n) is 6.31. The molecule has 23 heavy (non-hydrogen) atoms. The number of benzene rings is 1. The summed E-state index contributed by atoms with van der Waals surface area (Å²) in [5.74, 6) is -1.26. The van der Waals surface area contributed by atoms with Gasteiger partial charge in [0, 0.05) is 6.54 Å². The highest BCUT2D eigenvalue weighted by atomic mass is 16.6. The maximum Gasteiger partial charge on any atom is 0.320 e. The van der Waals surface area contributed by atoms with Gasteiger partial charge in [0.1, 0.15) is 11.4 Å². The van der Waals surface area contributed by atoms with E-state index in [9.17, 15) is 14.7 Å². The number of carbonyl (C=O) groups excluding carboxylic acids is 1. The van der Waals surface area contributed by atoms with E-state index in [1.54, 1.807) is 33.9 Å². The van der Waals surface area contributed by atoms with Crippen LogP contribution in [0, 0.1) is 5.92 Å². The molecule has 0 radical (unpaired) electrons. The Bertz CT molecular complexity index is 536. The van der Waals surface area contributed by atoms with Crippen LogP contribution in [-0.4, -0.2) is 42.8 Å². The summed E-state index contributed by atoms with van der Waals surface area (Å²) in [5.41, 5.74) is 0.321. The molecule has 0 aliphatic carbocycles. The van der Waals surface area contributed by atoms with Gasteiger partial charge >= 0.3 is 11.9 Å². The lowest BCUT2D eigenvalue weighted by atomic mass is 9.99. The lowest BCUT2D eigenvalue weighted by Gasteiger charge is -2.20. The molecule has 2 N–H and O–H groups in total. The maximum absolute atomic E-state index is 11.6. The number of carboxylic acids is 1. The highest BCUT2D eigenvalue weighted by Gasteiger charge is 2.20. The van der Waals surface area contributed by atoms with Gasteiger partial charge in [0.2, 0.25) is 0 Å². The third kappa shape index (κ3) is 7.65. The number of methoxy groups -OCH3 is 1. The van der Waals surface area contributed by atoms with E-state index in [4.69, 9.17) is 9.47 Å². The molecule has 0 aliphatic rings. The van der Waals surface area contributed by atoms with Crippen molar-refractivity contribution in [3.63, 3.8) is 0 Å². The van der Waals surface area contributed by atoms with Gasteiger partial charge in [-0.05, 0) is 44.9 Å². The molecule has 1 aromatic rings. The number of carbonyl (C=O) groups is 2. The molecule has 1 rings (SSSR count). The van der Waals surface area contributed by atoms with E-state index in [1.807, 2.05) is 18.2 Å². The third-order valence-electron chi connectivity index (χ3n) is 3.05. The van der Waals surface area contributed by atoms with Crippen LogP contribution in [0.15, 0.2) is 24.3 Å². The monoisotopic (exact) mass is 323 g/mol. The van der Waals surface area contributed by atoms with Crippen LogP contribution in [0.5, 0.6) is 5.75 Å². The fraction of sp³-hybridized carbons (Fsp3) is 0.529. The summed E-state index contributed by atoms with van der Waals surface area (Å²) < 4.78 is 10.3.